The molecule has 1 N–H and O–H groups in total. The van der Waals surface area contributed by atoms with Crippen molar-refractivity contribution in [3.05, 3.63) is 56.2 Å². The fourth-order valence-corrected chi connectivity index (χ4v) is 2.95. The number of carboxylic acid groups (broad SMARTS) is 1. The Morgan fingerprint density at radius 2 is 1.95 bits per heavy atom. The Kier molecular flexibility index (Phi) is 4.93. The first-order chi connectivity index (χ1) is 10.0. The molecule has 0 spiro atoms. The third kappa shape index (κ3) is 3.80. The number of methoxy groups -OCH3 is 1. The van der Waals surface area contributed by atoms with Gasteiger partial charge < -0.3 is 9.84 Å². The van der Waals surface area contributed by atoms with Gasteiger partial charge in [0.15, 0.2) is 5.78 Å². The van der Waals surface area contributed by atoms with Gasteiger partial charge in [-0.15, -0.1) is 11.3 Å². The number of thiophene rings is 1. The van der Waals surface area contributed by atoms with Crippen LogP contribution in [0, 0.1) is 0 Å². The molecule has 0 amide bonds. The molecule has 108 valence electrons. The molecule has 0 aliphatic heterocycles. The van der Waals surface area contributed by atoms with Crippen molar-refractivity contribution in [1.29, 1.82) is 0 Å². The standard InChI is InChI=1S/C15H11BrO4S/c1-20-12-5-3-9(8-10(12)16)2-4-11(17)13-6-7-14(21-13)15(18)19/h2-8H,1H3,(H,18,19)/b4-2+. The van der Waals surface area contributed by atoms with Crippen LogP contribution in [-0.4, -0.2) is 24.0 Å². The molecule has 0 fully saturated rings. The number of rotatable bonds is 5. The van der Waals surface area contributed by atoms with Crippen LogP contribution in [0.15, 0.2) is 40.9 Å². The summed E-state index contributed by atoms with van der Waals surface area (Å²) in [6.07, 6.45) is 3.10. The van der Waals surface area contributed by atoms with Crippen LogP contribution in [-0.2, 0) is 0 Å². The molecule has 0 aliphatic carbocycles. The van der Waals surface area contributed by atoms with Gasteiger partial charge in [0.1, 0.15) is 10.6 Å². The monoisotopic (exact) mass is 366 g/mol. The third-order valence-corrected chi connectivity index (χ3v) is 4.37. The average Bonchev–Trinajstić information content (AvgIpc) is 2.95. The number of aromatic carboxylic acids is 1. The van der Waals surface area contributed by atoms with Gasteiger partial charge in [-0.2, -0.15) is 0 Å². The second-order valence-corrected chi connectivity index (χ2v) is 6.00. The van der Waals surface area contributed by atoms with Crippen molar-refractivity contribution in [1.82, 2.24) is 0 Å². The van der Waals surface area contributed by atoms with Crippen LogP contribution >= 0.6 is 27.3 Å². The highest BCUT2D eigenvalue weighted by Crippen LogP contribution is 2.26. The summed E-state index contributed by atoms with van der Waals surface area (Å²) in [4.78, 5) is 23.3. The minimum Gasteiger partial charge on any atom is -0.496 e. The van der Waals surface area contributed by atoms with Crippen molar-refractivity contribution in [3.8, 4) is 5.75 Å². The molecular weight excluding hydrogens is 356 g/mol. The van der Waals surface area contributed by atoms with E-state index < -0.39 is 5.97 Å². The van der Waals surface area contributed by atoms with Crippen molar-refractivity contribution in [2.75, 3.05) is 7.11 Å². The normalized spacial score (nSPS) is 10.8. The van der Waals surface area contributed by atoms with Crippen LogP contribution < -0.4 is 4.74 Å². The summed E-state index contributed by atoms with van der Waals surface area (Å²) in [5.41, 5.74) is 0.839. The van der Waals surface area contributed by atoms with E-state index in [1.165, 1.54) is 18.2 Å². The minimum absolute atomic E-state index is 0.152. The van der Waals surface area contributed by atoms with Gasteiger partial charge >= 0.3 is 5.97 Å². The van der Waals surface area contributed by atoms with E-state index in [1.54, 1.807) is 19.3 Å². The second-order valence-electron chi connectivity index (χ2n) is 4.06. The Bertz CT molecular complexity index is 718. The van der Waals surface area contributed by atoms with Gasteiger partial charge in [0.2, 0.25) is 0 Å². The van der Waals surface area contributed by atoms with Crippen molar-refractivity contribution in [2.45, 2.75) is 0 Å². The lowest BCUT2D eigenvalue weighted by molar-refractivity contribution is 0.0702. The average molecular weight is 367 g/mol. The minimum atomic E-state index is -1.03. The van der Waals surface area contributed by atoms with Gasteiger partial charge in [0.05, 0.1) is 16.5 Å². The predicted molar refractivity (Wildman–Crippen MR) is 85.3 cm³/mol. The van der Waals surface area contributed by atoms with Crippen molar-refractivity contribution in [3.63, 3.8) is 0 Å². The maximum atomic E-state index is 12.0. The summed E-state index contributed by atoms with van der Waals surface area (Å²) in [5, 5.41) is 8.83. The molecule has 1 aromatic heterocycles. The first-order valence-corrected chi connectivity index (χ1v) is 7.51. The third-order valence-electron chi connectivity index (χ3n) is 2.66. The maximum absolute atomic E-state index is 12.0. The second kappa shape index (κ2) is 6.69. The lowest BCUT2D eigenvalue weighted by atomic mass is 10.2. The Balaban J connectivity index is 2.14. The van der Waals surface area contributed by atoms with Gasteiger partial charge in [-0.25, -0.2) is 4.79 Å². The van der Waals surface area contributed by atoms with Crippen LogP contribution in [0.4, 0.5) is 0 Å². The molecule has 21 heavy (non-hydrogen) atoms. The van der Waals surface area contributed by atoms with Gasteiger partial charge in [-0.3, -0.25) is 4.79 Å². The smallest absolute Gasteiger partial charge is 0.345 e. The summed E-state index contributed by atoms with van der Waals surface area (Å²) in [6.45, 7) is 0. The molecule has 4 nitrogen and oxygen atoms in total. The summed E-state index contributed by atoms with van der Waals surface area (Å²) in [7, 11) is 1.58. The van der Waals surface area contributed by atoms with Crippen LogP contribution in [0.2, 0.25) is 0 Å². The topological polar surface area (TPSA) is 63.6 Å². The Morgan fingerprint density at radius 1 is 1.24 bits per heavy atom. The van der Waals surface area contributed by atoms with Gasteiger partial charge in [-0.05, 0) is 51.8 Å². The molecule has 0 aliphatic rings. The zero-order valence-electron chi connectivity index (χ0n) is 11.0. The molecule has 0 unspecified atom stereocenters. The van der Waals surface area contributed by atoms with Crippen LogP contribution in [0.3, 0.4) is 0 Å². The number of ketones is 1. The van der Waals surface area contributed by atoms with E-state index in [1.807, 2.05) is 12.1 Å². The van der Waals surface area contributed by atoms with Gasteiger partial charge in [-0.1, -0.05) is 12.1 Å². The zero-order valence-corrected chi connectivity index (χ0v) is 13.4. The molecular formula is C15H11BrO4S. The Hall–Kier alpha value is -1.92. The lowest BCUT2D eigenvalue weighted by Gasteiger charge is -2.03. The summed E-state index contributed by atoms with van der Waals surface area (Å²) in [5.74, 6) is -0.538. The molecule has 0 saturated carbocycles. The van der Waals surface area contributed by atoms with Crippen molar-refractivity contribution < 1.29 is 19.4 Å². The molecule has 1 aromatic carbocycles. The highest BCUT2D eigenvalue weighted by molar-refractivity contribution is 9.10. The Morgan fingerprint density at radius 3 is 2.52 bits per heavy atom. The maximum Gasteiger partial charge on any atom is 0.345 e. The predicted octanol–water partition coefficient (Wildman–Crippen LogP) is 4.11. The molecule has 0 saturated heterocycles. The number of carbonyl (C=O) groups excluding carboxylic acids is 1. The molecule has 0 atom stereocenters. The van der Waals surface area contributed by atoms with E-state index in [-0.39, 0.29) is 10.7 Å². The van der Waals surface area contributed by atoms with Crippen LogP contribution in [0.5, 0.6) is 5.75 Å². The van der Waals surface area contributed by atoms with Crippen molar-refractivity contribution in [2.24, 2.45) is 0 Å². The first kappa shape index (κ1) is 15.5. The zero-order chi connectivity index (χ0) is 15.4. The summed E-state index contributed by atoms with van der Waals surface area (Å²) < 4.78 is 5.92. The lowest BCUT2D eigenvalue weighted by Crippen LogP contribution is -1.91. The van der Waals surface area contributed by atoms with Crippen LogP contribution in [0.25, 0.3) is 6.08 Å². The summed E-state index contributed by atoms with van der Waals surface area (Å²) in [6, 6.07) is 8.40. The van der Waals surface area contributed by atoms with Crippen LogP contribution in [0.1, 0.15) is 24.9 Å². The number of hydrogen-bond acceptors (Lipinski definition) is 4. The molecule has 6 heteroatoms. The number of halogens is 1. The fourth-order valence-electron chi connectivity index (χ4n) is 1.63. The van der Waals surface area contributed by atoms with Gasteiger partial charge in [0, 0.05) is 0 Å². The van der Waals surface area contributed by atoms with E-state index in [9.17, 15) is 9.59 Å². The number of ether oxygens (including phenoxy) is 1. The molecule has 0 bridgehead atoms. The molecule has 0 radical (unpaired) electrons. The number of allylic oxidation sites excluding steroid dienone is 1. The van der Waals surface area contributed by atoms with E-state index in [4.69, 9.17) is 9.84 Å². The molecule has 1 heterocycles. The SMILES string of the molecule is COc1ccc(/C=C/C(=O)c2ccc(C(=O)O)s2)cc1Br. The van der Waals surface area contributed by atoms with Crippen molar-refractivity contribution >= 4 is 45.1 Å². The largest absolute Gasteiger partial charge is 0.496 e. The van der Waals surface area contributed by atoms with E-state index >= 15 is 0 Å². The number of benzene rings is 1. The summed E-state index contributed by atoms with van der Waals surface area (Å²) >= 11 is 4.34. The van der Waals surface area contributed by atoms with E-state index in [2.05, 4.69) is 15.9 Å². The molecule has 2 rings (SSSR count). The quantitative estimate of drug-likeness (QED) is 0.638. The fraction of sp³-hybridized carbons (Fsp3) is 0.0667. The molecule has 2 aromatic rings. The number of carbonyl (C=O) groups is 2. The Labute approximate surface area is 133 Å². The van der Waals surface area contributed by atoms with Gasteiger partial charge in [0.25, 0.3) is 0 Å². The van der Waals surface area contributed by atoms with E-state index in [0.29, 0.717) is 10.6 Å². The van der Waals surface area contributed by atoms with E-state index in [0.717, 1.165) is 21.4 Å². The number of hydrogen-bond donors (Lipinski definition) is 1. The highest BCUT2D eigenvalue weighted by atomic mass is 79.9. The highest BCUT2D eigenvalue weighted by Gasteiger charge is 2.10. The number of carboxylic acids is 1. The first-order valence-electron chi connectivity index (χ1n) is 5.90.